The van der Waals surface area contributed by atoms with Gasteiger partial charge in [0.05, 0.1) is 11.7 Å². The van der Waals surface area contributed by atoms with Crippen LogP contribution in [0.4, 0.5) is 0 Å². The van der Waals surface area contributed by atoms with Gasteiger partial charge in [-0.05, 0) is 25.3 Å². The van der Waals surface area contributed by atoms with Crippen LogP contribution in [0.25, 0.3) is 0 Å². The van der Waals surface area contributed by atoms with E-state index in [1.165, 1.54) is 5.69 Å². The van der Waals surface area contributed by atoms with Gasteiger partial charge < -0.3 is 4.90 Å². The lowest BCUT2D eigenvalue weighted by Crippen LogP contribution is -2.27. The Kier molecular flexibility index (Phi) is 3.22. The third kappa shape index (κ3) is 2.35. The highest BCUT2D eigenvalue weighted by Crippen LogP contribution is 2.26. The molecule has 1 aliphatic heterocycles. The molecule has 0 aliphatic carbocycles. The van der Waals surface area contributed by atoms with E-state index in [2.05, 4.69) is 29.7 Å². The second-order valence-corrected chi connectivity index (χ2v) is 5.22. The number of carbonyl (C=O) groups excluding carboxylic acids is 1. The highest BCUT2D eigenvalue weighted by atomic mass is 16.2. The van der Waals surface area contributed by atoms with Gasteiger partial charge >= 0.3 is 0 Å². The van der Waals surface area contributed by atoms with Crippen molar-refractivity contribution in [3.05, 3.63) is 17.5 Å². The summed E-state index contributed by atoms with van der Waals surface area (Å²) >= 11 is 0. The second kappa shape index (κ2) is 4.51. The number of likely N-dealkylation sites (tertiary alicyclic amines) is 1. The van der Waals surface area contributed by atoms with Crippen molar-refractivity contribution in [2.24, 2.45) is 0 Å². The maximum absolute atomic E-state index is 11.3. The third-order valence-electron chi connectivity index (χ3n) is 3.43. The summed E-state index contributed by atoms with van der Waals surface area (Å²) in [6.07, 6.45) is 1.01. The molecule has 0 saturated carbocycles. The number of amides is 1. The first-order chi connectivity index (χ1) is 7.99. The molecule has 1 saturated heterocycles. The molecular formula is C13H21N3O. The van der Waals surface area contributed by atoms with Gasteiger partial charge in [0.15, 0.2) is 0 Å². The molecular weight excluding hydrogens is 214 g/mol. The summed E-state index contributed by atoms with van der Waals surface area (Å²) in [7, 11) is 0. The van der Waals surface area contributed by atoms with E-state index in [9.17, 15) is 4.79 Å². The Morgan fingerprint density at radius 1 is 1.53 bits per heavy atom. The minimum absolute atomic E-state index is 0.169. The summed E-state index contributed by atoms with van der Waals surface area (Å²) < 4.78 is 2.13. The van der Waals surface area contributed by atoms with Crippen LogP contribution in [-0.4, -0.2) is 33.7 Å². The average Bonchev–Trinajstić information content (AvgIpc) is 2.82. The normalized spacial score (nSPS) is 20.3. The lowest BCUT2D eigenvalue weighted by Gasteiger charge is -2.17. The fourth-order valence-corrected chi connectivity index (χ4v) is 2.49. The molecule has 0 spiro atoms. The minimum atomic E-state index is 0.169. The van der Waals surface area contributed by atoms with Gasteiger partial charge in [-0.1, -0.05) is 13.8 Å². The zero-order valence-corrected chi connectivity index (χ0v) is 11.1. The fourth-order valence-electron chi connectivity index (χ4n) is 2.49. The van der Waals surface area contributed by atoms with Crippen LogP contribution in [0.1, 0.15) is 50.5 Å². The van der Waals surface area contributed by atoms with E-state index in [4.69, 9.17) is 0 Å². The molecule has 1 amide bonds. The Labute approximate surface area is 103 Å². The Balaban J connectivity index is 2.21. The molecule has 4 heteroatoms. The van der Waals surface area contributed by atoms with Gasteiger partial charge in [-0.2, -0.15) is 5.10 Å². The van der Waals surface area contributed by atoms with Gasteiger partial charge in [0.2, 0.25) is 5.91 Å². The largest absolute Gasteiger partial charge is 0.341 e. The number of rotatable bonds is 2. The van der Waals surface area contributed by atoms with Crippen molar-refractivity contribution < 1.29 is 4.79 Å². The van der Waals surface area contributed by atoms with Gasteiger partial charge in [0, 0.05) is 25.7 Å². The van der Waals surface area contributed by atoms with Crippen LogP contribution in [0.5, 0.6) is 0 Å². The van der Waals surface area contributed by atoms with Crippen molar-refractivity contribution in [3.63, 3.8) is 0 Å². The smallest absolute Gasteiger partial charge is 0.219 e. The van der Waals surface area contributed by atoms with Crippen molar-refractivity contribution >= 4 is 5.91 Å². The summed E-state index contributed by atoms with van der Waals surface area (Å²) in [5.74, 6) is 0.644. The molecule has 1 fully saturated rings. The minimum Gasteiger partial charge on any atom is -0.341 e. The lowest BCUT2D eigenvalue weighted by atomic mass is 10.1. The van der Waals surface area contributed by atoms with E-state index in [1.807, 2.05) is 11.8 Å². The van der Waals surface area contributed by atoms with E-state index < -0.39 is 0 Å². The first kappa shape index (κ1) is 12.1. The van der Waals surface area contributed by atoms with E-state index >= 15 is 0 Å². The van der Waals surface area contributed by atoms with E-state index in [0.29, 0.717) is 12.0 Å². The van der Waals surface area contributed by atoms with Crippen LogP contribution in [0.3, 0.4) is 0 Å². The van der Waals surface area contributed by atoms with Gasteiger partial charge in [0.1, 0.15) is 0 Å². The topological polar surface area (TPSA) is 38.1 Å². The predicted octanol–water partition coefficient (Wildman–Crippen LogP) is 2.11. The van der Waals surface area contributed by atoms with Crippen molar-refractivity contribution in [2.75, 3.05) is 13.1 Å². The number of aryl methyl sites for hydroxylation is 1. The highest BCUT2D eigenvalue weighted by Gasteiger charge is 2.28. The Morgan fingerprint density at radius 3 is 2.76 bits per heavy atom. The molecule has 1 atom stereocenters. The third-order valence-corrected chi connectivity index (χ3v) is 3.43. The number of carbonyl (C=O) groups is 1. The summed E-state index contributed by atoms with van der Waals surface area (Å²) in [5, 5.41) is 4.59. The number of hydrogen-bond donors (Lipinski definition) is 0. The van der Waals surface area contributed by atoms with Crippen molar-refractivity contribution in [2.45, 2.75) is 46.1 Å². The molecule has 0 N–H and O–H groups in total. The average molecular weight is 235 g/mol. The van der Waals surface area contributed by atoms with Crippen molar-refractivity contribution in [1.29, 1.82) is 0 Å². The lowest BCUT2D eigenvalue weighted by molar-refractivity contribution is -0.127. The quantitative estimate of drug-likeness (QED) is 0.787. The van der Waals surface area contributed by atoms with Crippen LogP contribution >= 0.6 is 0 Å². The molecule has 1 aromatic rings. The maximum atomic E-state index is 11.3. The fraction of sp³-hybridized carbons (Fsp3) is 0.692. The molecule has 2 heterocycles. The Hall–Kier alpha value is -1.32. The first-order valence-corrected chi connectivity index (χ1v) is 6.30. The Bertz CT molecular complexity index is 422. The van der Waals surface area contributed by atoms with Crippen molar-refractivity contribution in [1.82, 2.24) is 14.7 Å². The van der Waals surface area contributed by atoms with Crippen LogP contribution < -0.4 is 0 Å². The molecule has 94 valence electrons. The number of aromatic nitrogens is 2. The van der Waals surface area contributed by atoms with Gasteiger partial charge in [-0.25, -0.2) is 0 Å². The van der Waals surface area contributed by atoms with Crippen LogP contribution in [0.15, 0.2) is 6.07 Å². The summed E-state index contributed by atoms with van der Waals surface area (Å²) in [6, 6.07) is 2.51. The Morgan fingerprint density at radius 2 is 2.24 bits per heavy atom. The zero-order chi connectivity index (χ0) is 12.6. The van der Waals surface area contributed by atoms with Gasteiger partial charge in [0.25, 0.3) is 0 Å². The SMILES string of the molecule is CC(=O)N1CCC(n2nc(C)cc2C(C)C)C1. The maximum Gasteiger partial charge on any atom is 0.219 e. The number of hydrogen-bond acceptors (Lipinski definition) is 2. The molecule has 2 rings (SSSR count). The molecule has 1 unspecified atom stereocenters. The van der Waals surface area contributed by atoms with Gasteiger partial charge in [-0.3, -0.25) is 9.48 Å². The predicted molar refractivity (Wildman–Crippen MR) is 67.0 cm³/mol. The first-order valence-electron chi connectivity index (χ1n) is 6.30. The van der Waals surface area contributed by atoms with Gasteiger partial charge in [-0.15, -0.1) is 0 Å². The highest BCUT2D eigenvalue weighted by molar-refractivity contribution is 5.73. The summed E-state index contributed by atoms with van der Waals surface area (Å²) in [4.78, 5) is 13.3. The molecule has 1 aromatic heterocycles. The molecule has 4 nitrogen and oxygen atoms in total. The zero-order valence-electron chi connectivity index (χ0n) is 11.1. The summed E-state index contributed by atoms with van der Waals surface area (Å²) in [5.41, 5.74) is 2.34. The van der Waals surface area contributed by atoms with E-state index in [1.54, 1.807) is 6.92 Å². The second-order valence-electron chi connectivity index (χ2n) is 5.22. The van der Waals surface area contributed by atoms with Crippen LogP contribution in [-0.2, 0) is 4.79 Å². The van der Waals surface area contributed by atoms with E-state index in [0.717, 1.165) is 25.2 Å². The standard InChI is InChI=1S/C13H21N3O/c1-9(2)13-7-10(3)14-16(13)12-5-6-15(8-12)11(4)17/h7,9,12H,5-6,8H2,1-4H3. The van der Waals surface area contributed by atoms with Crippen LogP contribution in [0.2, 0.25) is 0 Å². The summed E-state index contributed by atoms with van der Waals surface area (Å²) in [6.45, 7) is 9.70. The number of nitrogens with zero attached hydrogens (tertiary/aromatic N) is 3. The molecule has 0 bridgehead atoms. The monoisotopic (exact) mass is 235 g/mol. The molecule has 1 aliphatic rings. The molecule has 0 aromatic carbocycles. The molecule has 17 heavy (non-hydrogen) atoms. The van der Waals surface area contributed by atoms with Crippen LogP contribution in [0, 0.1) is 6.92 Å². The molecule has 0 radical (unpaired) electrons. The van der Waals surface area contributed by atoms with E-state index in [-0.39, 0.29) is 5.91 Å². The van der Waals surface area contributed by atoms with Crippen molar-refractivity contribution in [3.8, 4) is 0 Å².